The summed E-state index contributed by atoms with van der Waals surface area (Å²) in [4.78, 5) is 39.7. The average Bonchev–Trinajstić information content (AvgIpc) is 3.75. The van der Waals surface area contributed by atoms with Crippen LogP contribution in [0.25, 0.3) is 0 Å². The van der Waals surface area contributed by atoms with Crippen LogP contribution in [0.4, 0.5) is 0 Å². The number of carbonyl (C=O) groups excluding carboxylic acids is 3. The van der Waals surface area contributed by atoms with Crippen molar-refractivity contribution in [1.82, 2.24) is 4.90 Å². The van der Waals surface area contributed by atoms with Crippen molar-refractivity contribution in [1.29, 1.82) is 0 Å². The summed E-state index contributed by atoms with van der Waals surface area (Å²) in [6, 6.07) is 0. The van der Waals surface area contributed by atoms with Crippen molar-refractivity contribution in [3.05, 3.63) is 0 Å². The molecule has 6 heterocycles. The molecule has 6 fully saturated rings. The Morgan fingerprint density at radius 3 is 1.11 bits per heavy atom. The zero-order chi connectivity index (χ0) is 25.4. The average molecular weight is 522 g/mol. The molecule has 206 valence electrons. The second kappa shape index (κ2) is 11.2. The van der Waals surface area contributed by atoms with Crippen molar-refractivity contribution < 1.29 is 42.8 Å². The van der Waals surface area contributed by atoms with Crippen LogP contribution in [0.5, 0.6) is 0 Å². The van der Waals surface area contributed by atoms with Gasteiger partial charge in [-0.1, -0.05) is 0 Å². The molecule has 0 radical (unpaired) electrons. The molecule has 6 saturated heterocycles. The van der Waals surface area contributed by atoms with Gasteiger partial charge in [-0.05, 0) is 57.8 Å². The van der Waals surface area contributed by atoms with Crippen LogP contribution in [0, 0.1) is 17.8 Å². The molecule has 0 aromatic heterocycles. The number of fused-ring (bicyclic) bond motifs is 6. The summed E-state index contributed by atoms with van der Waals surface area (Å²) in [6.45, 7) is 2.10. The SMILES string of the molecule is O=C(OCCN(CCOC(=O)C1CC2CCC1O2)CCOC(=O)C1CC2CCC1O2)C1CC2CCC1O2. The minimum absolute atomic E-state index is 0.00269. The smallest absolute Gasteiger partial charge is 0.311 e. The summed E-state index contributed by atoms with van der Waals surface area (Å²) in [6.07, 6.45) is 8.70. The van der Waals surface area contributed by atoms with Crippen molar-refractivity contribution in [2.45, 2.75) is 94.4 Å². The molecule has 0 spiro atoms. The Hall–Kier alpha value is -1.75. The summed E-state index contributed by atoms with van der Waals surface area (Å²) in [7, 11) is 0. The first kappa shape index (κ1) is 25.5. The Morgan fingerprint density at radius 2 is 0.865 bits per heavy atom. The van der Waals surface area contributed by atoms with Crippen LogP contribution in [-0.2, 0) is 42.8 Å². The summed E-state index contributed by atoms with van der Waals surface area (Å²) < 4.78 is 34.1. The van der Waals surface area contributed by atoms with E-state index in [1.165, 1.54) is 0 Å². The molecule has 0 N–H and O–H groups in total. The summed E-state index contributed by atoms with van der Waals surface area (Å²) >= 11 is 0. The Kier molecular flexibility index (Phi) is 7.70. The van der Waals surface area contributed by atoms with Gasteiger partial charge in [-0.3, -0.25) is 19.3 Å². The Bertz CT molecular complexity index is 757. The molecule has 9 atom stereocenters. The van der Waals surface area contributed by atoms with Crippen molar-refractivity contribution in [2.24, 2.45) is 17.8 Å². The standard InChI is InChI=1S/C27H39NO9/c29-25(19-13-16-1-4-22(19)35-16)32-10-7-28(8-11-33-26(30)20-14-17-2-5-23(20)36-17)9-12-34-27(31)21-15-18-3-6-24(21)37-18/h16-24H,1-15H2. The molecular weight excluding hydrogens is 482 g/mol. The highest BCUT2D eigenvalue weighted by Crippen LogP contribution is 2.41. The lowest BCUT2D eigenvalue weighted by molar-refractivity contribution is -0.151. The maximum atomic E-state index is 12.6. The zero-order valence-electron chi connectivity index (χ0n) is 21.4. The van der Waals surface area contributed by atoms with Crippen LogP contribution >= 0.6 is 0 Å². The predicted molar refractivity (Wildman–Crippen MR) is 127 cm³/mol. The molecule has 0 saturated carbocycles. The first-order valence-electron chi connectivity index (χ1n) is 14.2. The van der Waals surface area contributed by atoms with E-state index in [0.29, 0.717) is 19.6 Å². The largest absolute Gasteiger partial charge is 0.464 e. The number of rotatable bonds is 12. The molecule has 0 aromatic carbocycles. The molecule has 6 bridgehead atoms. The normalized spacial score (nSPS) is 39.0. The summed E-state index contributed by atoms with van der Waals surface area (Å²) in [5, 5.41) is 0. The molecule has 10 heteroatoms. The lowest BCUT2D eigenvalue weighted by atomic mass is 9.89. The van der Waals surface area contributed by atoms with Gasteiger partial charge in [0.15, 0.2) is 0 Å². The maximum absolute atomic E-state index is 12.6. The zero-order valence-corrected chi connectivity index (χ0v) is 21.4. The topological polar surface area (TPSA) is 110 Å². The molecule has 37 heavy (non-hydrogen) atoms. The van der Waals surface area contributed by atoms with Gasteiger partial charge >= 0.3 is 17.9 Å². The molecule has 6 aliphatic rings. The highest BCUT2D eigenvalue weighted by Gasteiger charge is 2.47. The molecule has 0 amide bonds. The number of nitrogens with zero attached hydrogens (tertiary/aromatic N) is 1. The van der Waals surface area contributed by atoms with E-state index in [9.17, 15) is 14.4 Å². The van der Waals surface area contributed by atoms with E-state index in [2.05, 4.69) is 0 Å². The number of hydrogen-bond donors (Lipinski definition) is 0. The van der Waals surface area contributed by atoms with E-state index in [1.807, 2.05) is 4.90 Å². The van der Waals surface area contributed by atoms with Gasteiger partial charge in [0.25, 0.3) is 0 Å². The van der Waals surface area contributed by atoms with Gasteiger partial charge in [0.05, 0.1) is 54.4 Å². The van der Waals surface area contributed by atoms with Gasteiger partial charge in [-0.15, -0.1) is 0 Å². The van der Waals surface area contributed by atoms with E-state index in [-0.39, 0.29) is 92.1 Å². The highest BCUT2D eigenvalue weighted by atomic mass is 16.6. The van der Waals surface area contributed by atoms with Crippen molar-refractivity contribution in [2.75, 3.05) is 39.5 Å². The molecule has 6 rings (SSSR count). The predicted octanol–water partition coefficient (Wildman–Crippen LogP) is 1.62. The van der Waals surface area contributed by atoms with Gasteiger partial charge in [-0.2, -0.15) is 0 Å². The summed E-state index contributed by atoms with van der Waals surface area (Å²) in [5.74, 6) is -1.08. The molecule has 9 unspecified atom stereocenters. The summed E-state index contributed by atoms with van der Waals surface area (Å²) in [5.41, 5.74) is 0. The minimum Gasteiger partial charge on any atom is -0.464 e. The van der Waals surface area contributed by atoms with Crippen molar-refractivity contribution >= 4 is 17.9 Å². The van der Waals surface area contributed by atoms with Gasteiger partial charge < -0.3 is 28.4 Å². The second-order valence-corrected chi connectivity index (χ2v) is 11.5. The third-order valence-electron chi connectivity index (χ3n) is 9.18. The Labute approximate surface area is 217 Å². The molecule has 6 aliphatic heterocycles. The van der Waals surface area contributed by atoms with E-state index in [0.717, 1.165) is 57.8 Å². The molecule has 0 aromatic rings. The van der Waals surface area contributed by atoms with Gasteiger partial charge in [0, 0.05) is 19.6 Å². The number of hydrogen-bond acceptors (Lipinski definition) is 10. The number of carbonyl (C=O) groups is 3. The van der Waals surface area contributed by atoms with Crippen LogP contribution in [0.15, 0.2) is 0 Å². The van der Waals surface area contributed by atoms with Crippen LogP contribution in [-0.4, -0.2) is 98.9 Å². The third kappa shape index (κ3) is 5.67. The fourth-order valence-corrected chi connectivity index (χ4v) is 7.14. The third-order valence-corrected chi connectivity index (χ3v) is 9.18. The van der Waals surface area contributed by atoms with Crippen molar-refractivity contribution in [3.8, 4) is 0 Å². The minimum atomic E-state index is -0.197. The van der Waals surface area contributed by atoms with Crippen LogP contribution < -0.4 is 0 Å². The van der Waals surface area contributed by atoms with E-state index >= 15 is 0 Å². The number of esters is 3. The van der Waals surface area contributed by atoms with Gasteiger partial charge in [0.1, 0.15) is 19.8 Å². The second-order valence-electron chi connectivity index (χ2n) is 11.5. The fraction of sp³-hybridized carbons (Fsp3) is 0.889. The lowest BCUT2D eigenvalue weighted by Gasteiger charge is -2.24. The first-order chi connectivity index (χ1) is 18.0. The fourth-order valence-electron chi connectivity index (χ4n) is 7.14. The highest BCUT2D eigenvalue weighted by molar-refractivity contribution is 5.74. The van der Waals surface area contributed by atoms with Crippen LogP contribution in [0.3, 0.4) is 0 Å². The van der Waals surface area contributed by atoms with Gasteiger partial charge in [0.2, 0.25) is 0 Å². The Balaban J connectivity index is 0.945. The van der Waals surface area contributed by atoms with Crippen molar-refractivity contribution in [3.63, 3.8) is 0 Å². The van der Waals surface area contributed by atoms with E-state index in [1.54, 1.807) is 0 Å². The van der Waals surface area contributed by atoms with E-state index in [4.69, 9.17) is 28.4 Å². The number of ether oxygens (including phenoxy) is 6. The first-order valence-corrected chi connectivity index (χ1v) is 14.2. The lowest BCUT2D eigenvalue weighted by Crippen LogP contribution is -2.37. The van der Waals surface area contributed by atoms with E-state index < -0.39 is 0 Å². The monoisotopic (exact) mass is 521 g/mol. The molecule has 10 nitrogen and oxygen atoms in total. The van der Waals surface area contributed by atoms with Gasteiger partial charge in [-0.25, -0.2) is 0 Å². The molecular formula is C27H39NO9. The quantitative estimate of drug-likeness (QED) is 0.278. The van der Waals surface area contributed by atoms with Crippen LogP contribution in [0.2, 0.25) is 0 Å². The molecule has 0 aliphatic carbocycles. The van der Waals surface area contributed by atoms with Crippen LogP contribution in [0.1, 0.15) is 57.8 Å². The Morgan fingerprint density at radius 1 is 0.541 bits per heavy atom. The maximum Gasteiger partial charge on any atom is 0.311 e.